The topological polar surface area (TPSA) is 69.6 Å². The van der Waals surface area contributed by atoms with Crippen LogP contribution in [0.15, 0.2) is 59.0 Å². The van der Waals surface area contributed by atoms with Crippen LogP contribution >= 0.6 is 0 Å². The molecule has 4 aromatic rings. The second kappa shape index (κ2) is 5.73. The van der Waals surface area contributed by atoms with E-state index >= 15 is 0 Å². The average Bonchev–Trinajstić information content (AvgIpc) is 3.23. The Morgan fingerprint density at radius 3 is 2.29 bits per heavy atom. The van der Waals surface area contributed by atoms with Crippen LogP contribution in [0, 0.1) is 13.8 Å². The minimum atomic E-state index is 0.368. The van der Waals surface area contributed by atoms with Crippen molar-refractivity contribution in [1.82, 2.24) is 25.2 Å². The monoisotopic (exact) mass is 317 g/mol. The summed E-state index contributed by atoms with van der Waals surface area (Å²) in [7, 11) is 0. The van der Waals surface area contributed by atoms with Crippen LogP contribution in [0.5, 0.6) is 0 Å². The predicted octanol–water partition coefficient (Wildman–Crippen LogP) is 3.60. The number of nitrogens with zero attached hydrogens (tertiary/aromatic N) is 5. The zero-order valence-corrected chi connectivity index (χ0v) is 13.3. The molecule has 6 heteroatoms. The Hall–Kier alpha value is -3.28. The zero-order chi connectivity index (χ0) is 16.5. The molecule has 0 N–H and O–H groups in total. The summed E-state index contributed by atoms with van der Waals surface area (Å²) >= 11 is 0. The average molecular weight is 317 g/mol. The summed E-state index contributed by atoms with van der Waals surface area (Å²) in [5, 5.41) is 16.7. The molecule has 118 valence electrons. The fourth-order valence-electron chi connectivity index (χ4n) is 2.58. The molecule has 2 aromatic carbocycles. The molecule has 0 saturated heterocycles. The standard InChI is InChI=1S/C18H15N5O/c1-12-8-6-7-11-15(12)17-20-21-18(24-17)16-13(2)23(22-19-16)14-9-4-3-5-10-14/h3-11H,1-2H3. The van der Waals surface area contributed by atoms with E-state index in [0.29, 0.717) is 17.5 Å². The highest BCUT2D eigenvalue weighted by atomic mass is 16.4. The third-order valence-corrected chi connectivity index (χ3v) is 3.90. The van der Waals surface area contributed by atoms with E-state index in [2.05, 4.69) is 20.5 Å². The minimum Gasteiger partial charge on any atom is -0.414 e. The lowest BCUT2D eigenvalue weighted by molar-refractivity contribution is 0.581. The van der Waals surface area contributed by atoms with Crippen LogP contribution in [0.1, 0.15) is 11.3 Å². The summed E-state index contributed by atoms with van der Waals surface area (Å²) in [6.07, 6.45) is 0. The van der Waals surface area contributed by atoms with Gasteiger partial charge in [-0.1, -0.05) is 41.6 Å². The molecule has 0 amide bonds. The van der Waals surface area contributed by atoms with Gasteiger partial charge in [0.25, 0.3) is 5.89 Å². The van der Waals surface area contributed by atoms with Crippen LogP contribution < -0.4 is 0 Å². The maximum atomic E-state index is 5.83. The van der Waals surface area contributed by atoms with E-state index in [4.69, 9.17) is 4.42 Å². The Morgan fingerprint density at radius 2 is 1.50 bits per heavy atom. The lowest BCUT2D eigenvalue weighted by Gasteiger charge is -2.01. The number of aryl methyl sites for hydroxylation is 1. The molecule has 0 spiro atoms. The molecule has 24 heavy (non-hydrogen) atoms. The van der Waals surface area contributed by atoms with Gasteiger partial charge in [-0.25, -0.2) is 4.68 Å². The normalized spacial score (nSPS) is 10.9. The van der Waals surface area contributed by atoms with Gasteiger partial charge in [0.15, 0.2) is 5.69 Å². The fraction of sp³-hybridized carbons (Fsp3) is 0.111. The van der Waals surface area contributed by atoms with Gasteiger partial charge in [0.2, 0.25) is 5.89 Å². The molecule has 0 aliphatic rings. The van der Waals surface area contributed by atoms with Crippen molar-refractivity contribution >= 4 is 0 Å². The van der Waals surface area contributed by atoms with Crippen molar-refractivity contribution < 1.29 is 4.42 Å². The summed E-state index contributed by atoms with van der Waals surface area (Å²) in [6, 6.07) is 17.7. The highest BCUT2D eigenvalue weighted by Crippen LogP contribution is 2.27. The van der Waals surface area contributed by atoms with Crippen LogP contribution in [0.4, 0.5) is 0 Å². The van der Waals surface area contributed by atoms with Crippen molar-refractivity contribution in [3.63, 3.8) is 0 Å². The molecule has 0 bridgehead atoms. The molecule has 0 aliphatic carbocycles. The van der Waals surface area contributed by atoms with Crippen molar-refractivity contribution in [1.29, 1.82) is 0 Å². The third kappa shape index (κ3) is 2.38. The Balaban J connectivity index is 1.74. The fourth-order valence-corrected chi connectivity index (χ4v) is 2.58. The number of rotatable bonds is 3. The van der Waals surface area contributed by atoms with E-state index in [1.54, 1.807) is 4.68 Å². The van der Waals surface area contributed by atoms with Gasteiger partial charge in [0, 0.05) is 5.56 Å². The summed E-state index contributed by atoms with van der Waals surface area (Å²) in [6.45, 7) is 3.94. The van der Waals surface area contributed by atoms with Crippen LogP contribution in [0.2, 0.25) is 0 Å². The van der Waals surface area contributed by atoms with Gasteiger partial charge < -0.3 is 4.42 Å². The highest BCUT2D eigenvalue weighted by molar-refractivity contribution is 5.60. The van der Waals surface area contributed by atoms with E-state index in [-0.39, 0.29) is 0 Å². The van der Waals surface area contributed by atoms with Crippen molar-refractivity contribution in [2.24, 2.45) is 0 Å². The molecule has 0 aliphatic heterocycles. The first kappa shape index (κ1) is 14.3. The van der Waals surface area contributed by atoms with E-state index in [1.807, 2.05) is 68.4 Å². The number of hydrogen-bond donors (Lipinski definition) is 0. The molecular formula is C18H15N5O. The highest BCUT2D eigenvalue weighted by Gasteiger charge is 2.19. The smallest absolute Gasteiger partial charge is 0.270 e. The van der Waals surface area contributed by atoms with E-state index in [1.165, 1.54) is 0 Å². The van der Waals surface area contributed by atoms with Crippen molar-refractivity contribution in [3.8, 4) is 28.7 Å². The lowest BCUT2D eigenvalue weighted by atomic mass is 10.1. The van der Waals surface area contributed by atoms with Gasteiger partial charge in [-0.3, -0.25) is 0 Å². The van der Waals surface area contributed by atoms with Crippen LogP contribution in [0.25, 0.3) is 28.7 Å². The number of para-hydroxylation sites is 1. The Kier molecular flexibility index (Phi) is 3.42. The van der Waals surface area contributed by atoms with Gasteiger partial charge in [0.1, 0.15) is 0 Å². The van der Waals surface area contributed by atoms with Crippen LogP contribution in [-0.2, 0) is 0 Å². The van der Waals surface area contributed by atoms with Crippen LogP contribution in [-0.4, -0.2) is 25.2 Å². The molecule has 4 rings (SSSR count). The summed E-state index contributed by atoms with van der Waals surface area (Å²) in [5.41, 5.74) is 4.38. The van der Waals surface area contributed by atoms with E-state index in [9.17, 15) is 0 Å². The molecule has 0 saturated carbocycles. The van der Waals surface area contributed by atoms with Crippen molar-refractivity contribution in [2.75, 3.05) is 0 Å². The maximum absolute atomic E-state index is 5.83. The Morgan fingerprint density at radius 1 is 0.792 bits per heavy atom. The molecular weight excluding hydrogens is 302 g/mol. The SMILES string of the molecule is Cc1ccccc1-c1nnc(-c2nnn(-c3ccccc3)c2C)o1. The summed E-state index contributed by atoms with van der Waals surface area (Å²) in [5.74, 6) is 0.852. The van der Waals surface area contributed by atoms with E-state index < -0.39 is 0 Å². The van der Waals surface area contributed by atoms with Gasteiger partial charge in [0.05, 0.1) is 11.4 Å². The molecule has 2 heterocycles. The maximum Gasteiger partial charge on any atom is 0.270 e. The number of aromatic nitrogens is 5. The quantitative estimate of drug-likeness (QED) is 0.577. The zero-order valence-electron chi connectivity index (χ0n) is 13.3. The molecule has 0 atom stereocenters. The van der Waals surface area contributed by atoms with Gasteiger partial charge in [-0.05, 0) is 37.6 Å². The Bertz CT molecular complexity index is 988. The summed E-state index contributed by atoms with van der Waals surface area (Å²) in [4.78, 5) is 0. The first-order chi connectivity index (χ1) is 11.7. The molecule has 6 nitrogen and oxygen atoms in total. The minimum absolute atomic E-state index is 0.368. The van der Waals surface area contributed by atoms with Crippen LogP contribution in [0.3, 0.4) is 0 Å². The molecule has 0 fully saturated rings. The van der Waals surface area contributed by atoms with Gasteiger partial charge in [-0.15, -0.1) is 15.3 Å². The molecule has 0 unspecified atom stereocenters. The first-order valence-corrected chi connectivity index (χ1v) is 7.61. The lowest BCUT2D eigenvalue weighted by Crippen LogP contribution is -1.98. The molecule has 2 aromatic heterocycles. The second-order valence-electron chi connectivity index (χ2n) is 5.50. The van der Waals surface area contributed by atoms with Gasteiger partial charge in [-0.2, -0.15) is 0 Å². The second-order valence-corrected chi connectivity index (χ2v) is 5.50. The predicted molar refractivity (Wildman–Crippen MR) is 89.6 cm³/mol. The number of hydrogen-bond acceptors (Lipinski definition) is 5. The Labute approximate surface area is 138 Å². The van der Waals surface area contributed by atoms with Gasteiger partial charge >= 0.3 is 0 Å². The van der Waals surface area contributed by atoms with Crippen molar-refractivity contribution in [2.45, 2.75) is 13.8 Å². The third-order valence-electron chi connectivity index (χ3n) is 3.90. The summed E-state index contributed by atoms with van der Waals surface area (Å²) < 4.78 is 7.59. The molecule has 0 radical (unpaired) electrons. The first-order valence-electron chi connectivity index (χ1n) is 7.61. The number of benzene rings is 2. The largest absolute Gasteiger partial charge is 0.414 e. The van der Waals surface area contributed by atoms with E-state index in [0.717, 1.165) is 22.5 Å². The van der Waals surface area contributed by atoms with Crippen molar-refractivity contribution in [3.05, 3.63) is 65.9 Å².